The lowest BCUT2D eigenvalue weighted by Crippen LogP contribution is -2.40. The highest BCUT2D eigenvalue weighted by Crippen LogP contribution is 2.27. The van der Waals surface area contributed by atoms with Gasteiger partial charge in [0.2, 0.25) is 0 Å². The van der Waals surface area contributed by atoms with E-state index < -0.39 is 9.84 Å². The number of methoxy groups -OCH3 is 2. The number of aliphatic imine (C=N–C) groups is 1. The maximum absolute atomic E-state index is 11.1. The molecule has 0 radical (unpaired) electrons. The van der Waals surface area contributed by atoms with Gasteiger partial charge in [-0.25, -0.2) is 8.42 Å². The fourth-order valence-corrected chi connectivity index (χ4v) is 2.41. The number of hydrogen-bond donors (Lipinski definition) is 2. The molecule has 0 unspecified atom stereocenters. The van der Waals surface area contributed by atoms with Crippen LogP contribution in [0.4, 0.5) is 0 Å². The van der Waals surface area contributed by atoms with Gasteiger partial charge in [-0.15, -0.1) is 24.0 Å². The normalized spacial score (nSPS) is 11.4. The number of nitrogens with one attached hydrogen (secondary N) is 2. The van der Waals surface area contributed by atoms with Crippen molar-refractivity contribution in [1.29, 1.82) is 0 Å². The Bertz CT molecular complexity index is 636. The topological polar surface area (TPSA) is 89.0 Å². The van der Waals surface area contributed by atoms with Gasteiger partial charge < -0.3 is 20.1 Å². The molecule has 0 heterocycles. The minimum Gasteiger partial charge on any atom is -0.493 e. The van der Waals surface area contributed by atoms with Gasteiger partial charge in [-0.05, 0) is 24.1 Å². The molecular formula is C15H26IN3O4S. The second kappa shape index (κ2) is 11.3. The third-order valence-corrected chi connectivity index (χ3v) is 4.09. The number of guanidine groups is 1. The Morgan fingerprint density at radius 1 is 1.12 bits per heavy atom. The van der Waals surface area contributed by atoms with E-state index >= 15 is 0 Å². The summed E-state index contributed by atoms with van der Waals surface area (Å²) >= 11 is 0. The molecule has 0 aromatic heterocycles. The first-order chi connectivity index (χ1) is 10.9. The molecule has 0 bridgehead atoms. The van der Waals surface area contributed by atoms with E-state index in [1.54, 1.807) is 21.3 Å². The minimum absolute atomic E-state index is 0. The van der Waals surface area contributed by atoms with Crippen LogP contribution in [-0.2, 0) is 16.3 Å². The van der Waals surface area contributed by atoms with Gasteiger partial charge in [-0.1, -0.05) is 6.07 Å². The lowest BCUT2D eigenvalue weighted by atomic mass is 10.1. The molecule has 0 aliphatic heterocycles. The van der Waals surface area contributed by atoms with Crippen molar-refractivity contribution in [2.45, 2.75) is 6.42 Å². The van der Waals surface area contributed by atoms with E-state index in [4.69, 9.17) is 9.47 Å². The van der Waals surface area contributed by atoms with Gasteiger partial charge in [0.05, 0.1) is 20.0 Å². The Labute approximate surface area is 161 Å². The maximum atomic E-state index is 11.1. The monoisotopic (exact) mass is 471 g/mol. The molecule has 0 atom stereocenters. The SMILES string of the molecule is CN=C(NCCc1ccc(OC)c(OC)c1)NCCS(C)(=O)=O.I. The quantitative estimate of drug-likeness (QED) is 0.335. The molecule has 1 aromatic carbocycles. The van der Waals surface area contributed by atoms with Crippen molar-refractivity contribution < 1.29 is 17.9 Å². The van der Waals surface area contributed by atoms with Gasteiger partial charge in [0.25, 0.3) is 0 Å². The smallest absolute Gasteiger partial charge is 0.191 e. The molecule has 0 saturated carbocycles. The highest BCUT2D eigenvalue weighted by Gasteiger charge is 2.06. The number of sulfone groups is 1. The molecule has 0 aliphatic carbocycles. The molecule has 2 N–H and O–H groups in total. The highest BCUT2D eigenvalue weighted by atomic mass is 127. The van der Waals surface area contributed by atoms with Crippen molar-refractivity contribution in [2.24, 2.45) is 4.99 Å². The zero-order chi connectivity index (χ0) is 17.3. The summed E-state index contributed by atoms with van der Waals surface area (Å²) in [4.78, 5) is 4.05. The summed E-state index contributed by atoms with van der Waals surface area (Å²) in [7, 11) is 1.88. The molecule has 138 valence electrons. The van der Waals surface area contributed by atoms with E-state index in [0.29, 0.717) is 30.5 Å². The molecule has 1 aromatic rings. The highest BCUT2D eigenvalue weighted by molar-refractivity contribution is 14.0. The van der Waals surface area contributed by atoms with Gasteiger partial charge in [-0.3, -0.25) is 4.99 Å². The lowest BCUT2D eigenvalue weighted by molar-refractivity contribution is 0.354. The van der Waals surface area contributed by atoms with Crippen LogP contribution < -0.4 is 20.1 Å². The second-order valence-electron chi connectivity index (χ2n) is 4.99. The number of hydrogen-bond acceptors (Lipinski definition) is 5. The van der Waals surface area contributed by atoms with E-state index in [1.165, 1.54) is 6.26 Å². The molecule has 0 aliphatic rings. The van der Waals surface area contributed by atoms with Crippen LogP contribution in [0.3, 0.4) is 0 Å². The summed E-state index contributed by atoms with van der Waals surface area (Å²) in [5.41, 5.74) is 1.10. The molecular weight excluding hydrogens is 445 g/mol. The molecule has 0 amide bonds. The Kier molecular flexibility index (Phi) is 10.8. The molecule has 1 rings (SSSR count). The van der Waals surface area contributed by atoms with Crippen LogP contribution in [-0.4, -0.2) is 60.7 Å². The first-order valence-corrected chi connectivity index (χ1v) is 9.29. The standard InChI is InChI=1S/C15H25N3O4S.HI/c1-16-15(18-9-10-23(4,19)20)17-8-7-12-5-6-13(21-2)14(11-12)22-3;/h5-6,11H,7-10H2,1-4H3,(H2,16,17,18);1H. The van der Waals surface area contributed by atoms with Gasteiger partial charge in [0.15, 0.2) is 17.5 Å². The van der Waals surface area contributed by atoms with Gasteiger partial charge in [-0.2, -0.15) is 0 Å². The van der Waals surface area contributed by atoms with Crippen LogP contribution in [0.5, 0.6) is 11.5 Å². The van der Waals surface area contributed by atoms with Crippen LogP contribution in [0.15, 0.2) is 23.2 Å². The largest absolute Gasteiger partial charge is 0.493 e. The number of benzene rings is 1. The maximum Gasteiger partial charge on any atom is 0.191 e. The van der Waals surface area contributed by atoms with Crippen molar-refractivity contribution in [3.63, 3.8) is 0 Å². The summed E-state index contributed by atoms with van der Waals surface area (Å²) in [5.74, 6) is 2.04. The van der Waals surface area contributed by atoms with Crippen LogP contribution >= 0.6 is 24.0 Å². The fraction of sp³-hybridized carbons (Fsp3) is 0.533. The zero-order valence-corrected chi connectivity index (χ0v) is 17.6. The second-order valence-corrected chi connectivity index (χ2v) is 7.25. The average molecular weight is 471 g/mol. The number of halogens is 1. The predicted molar refractivity (Wildman–Crippen MR) is 108 cm³/mol. The zero-order valence-electron chi connectivity index (χ0n) is 14.5. The van der Waals surface area contributed by atoms with Crippen molar-refractivity contribution >= 4 is 39.8 Å². The van der Waals surface area contributed by atoms with E-state index in [-0.39, 0.29) is 29.7 Å². The van der Waals surface area contributed by atoms with E-state index in [9.17, 15) is 8.42 Å². The summed E-state index contributed by atoms with van der Waals surface area (Å²) in [6.07, 6.45) is 1.98. The summed E-state index contributed by atoms with van der Waals surface area (Å²) in [5, 5.41) is 6.11. The Balaban J connectivity index is 0.00000529. The third-order valence-electron chi connectivity index (χ3n) is 3.14. The summed E-state index contributed by atoms with van der Waals surface area (Å²) in [6.45, 7) is 0.989. The Morgan fingerprint density at radius 2 is 1.75 bits per heavy atom. The van der Waals surface area contributed by atoms with Crippen molar-refractivity contribution in [1.82, 2.24) is 10.6 Å². The fourth-order valence-electron chi connectivity index (χ4n) is 1.94. The summed E-state index contributed by atoms with van der Waals surface area (Å²) in [6, 6.07) is 5.77. The molecule has 0 saturated heterocycles. The van der Waals surface area contributed by atoms with Gasteiger partial charge in [0, 0.05) is 26.4 Å². The first-order valence-electron chi connectivity index (χ1n) is 7.22. The number of rotatable bonds is 8. The molecule has 9 heteroatoms. The minimum atomic E-state index is -2.98. The molecule has 7 nitrogen and oxygen atoms in total. The van der Waals surface area contributed by atoms with E-state index in [2.05, 4.69) is 15.6 Å². The summed E-state index contributed by atoms with van der Waals surface area (Å²) < 4.78 is 32.7. The van der Waals surface area contributed by atoms with Gasteiger partial charge in [0.1, 0.15) is 9.84 Å². The average Bonchev–Trinajstić information content (AvgIpc) is 2.52. The molecule has 24 heavy (non-hydrogen) atoms. The van der Waals surface area contributed by atoms with Gasteiger partial charge >= 0.3 is 0 Å². The van der Waals surface area contributed by atoms with Crippen LogP contribution in [0.1, 0.15) is 5.56 Å². The molecule has 0 spiro atoms. The van der Waals surface area contributed by atoms with Crippen molar-refractivity contribution in [3.8, 4) is 11.5 Å². The van der Waals surface area contributed by atoms with Crippen LogP contribution in [0.2, 0.25) is 0 Å². The third kappa shape index (κ3) is 8.57. The predicted octanol–water partition coefficient (Wildman–Crippen LogP) is 1.07. The van der Waals surface area contributed by atoms with Crippen molar-refractivity contribution in [3.05, 3.63) is 23.8 Å². The van der Waals surface area contributed by atoms with Crippen LogP contribution in [0, 0.1) is 0 Å². The Hall–Kier alpha value is -1.23. The van der Waals surface area contributed by atoms with Crippen LogP contribution in [0.25, 0.3) is 0 Å². The Morgan fingerprint density at radius 3 is 2.29 bits per heavy atom. The van der Waals surface area contributed by atoms with E-state index in [1.807, 2.05) is 18.2 Å². The number of nitrogens with zero attached hydrogens (tertiary/aromatic N) is 1. The first kappa shape index (κ1) is 22.8. The van der Waals surface area contributed by atoms with E-state index in [0.717, 1.165) is 12.0 Å². The lowest BCUT2D eigenvalue weighted by Gasteiger charge is -2.12. The van der Waals surface area contributed by atoms with Crippen molar-refractivity contribution in [2.75, 3.05) is 46.4 Å². The number of ether oxygens (including phenoxy) is 2. The molecule has 0 fully saturated rings.